The van der Waals surface area contributed by atoms with Crippen molar-refractivity contribution in [2.75, 3.05) is 13.2 Å². The highest BCUT2D eigenvalue weighted by molar-refractivity contribution is 5.29. The molecule has 1 heterocycles. The van der Waals surface area contributed by atoms with Crippen molar-refractivity contribution in [3.63, 3.8) is 0 Å². The zero-order chi connectivity index (χ0) is 13.7. The maximum Gasteiger partial charge on any atom is 0.0475 e. The van der Waals surface area contributed by atoms with Gasteiger partial charge in [0.15, 0.2) is 0 Å². The van der Waals surface area contributed by atoms with Crippen LogP contribution in [-0.2, 0) is 10.2 Å². The number of hydrogen-bond donors (Lipinski definition) is 1. The summed E-state index contributed by atoms with van der Waals surface area (Å²) in [7, 11) is 0. The molecule has 19 heavy (non-hydrogen) atoms. The standard InChI is InChI=1S/C17H25NO/c1-3-14(2)13-16(18)17(9-11-19-12-10-17)15-7-5-4-6-8-15/h4-8,16H,2-3,9-13,18H2,1H3. The molecular weight excluding hydrogens is 234 g/mol. The minimum absolute atomic E-state index is 0.0532. The molecular formula is C17H25NO. The van der Waals surface area contributed by atoms with E-state index in [9.17, 15) is 0 Å². The van der Waals surface area contributed by atoms with Gasteiger partial charge in [-0.1, -0.05) is 49.4 Å². The smallest absolute Gasteiger partial charge is 0.0475 e. The topological polar surface area (TPSA) is 35.2 Å². The second-order valence-corrected chi connectivity index (χ2v) is 5.55. The SMILES string of the molecule is C=C(CC)CC(N)C1(c2ccccc2)CCOCC1. The molecule has 0 spiro atoms. The largest absolute Gasteiger partial charge is 0.381 e. The molecule has 1 saturated heterocycles. The predicted octanol–water partition coefficient (Wildman–Crippen LogP) is 3.42. The molecule has 0 bridgehead atoms. The fourth-order valence-corrected chi connectivity index (χ4v) is 3.03. The molecule has 1 fully saturated rings. The second-order valence-electron chi connectivity index (χ2n) is 5.55. The van der Waals surface area contributed by atoms with Crippen molar-refractivity contribution in [3.05, 3.63) is 48.0 Å². The Bertz CT molecular complexity index is 407. The van der Waals surface area contributed by atoms with E-state index < -0.39 is 0 Å². The molecule has 104 valence electrons. The first-order valence-corrected chi connectivity index (χ1v) is 7.24. The molecule has 0 radical (unpaired) electrons. The Hall–Kier alpha value is -1.12. The Morgan fingerprint density at radius 1 is 1.32 bits per heavy atom. The molecule has 1 aromatic rings. The molecule has 1 aromatic carbocycles. The lowest BCUT2D eigenvalue weighted by Gasteiger charge is -2.42. The minimum atomic E-state index is 0.0532. The van der Waals surface area contributed by atoms with Gasteiger partial charge in [0.05, 0.1) is 0 Å². The summed E-state index contributed by atoms with van der Waals surface area (Å²) >= 11 is 0. The maximum absolute atomic E-state index is 6.58. The van der Waals surface area contributed by atoms with Gasteiger partial charge in [-0.05, 0) is 31.2 Å². The van der Waals surface area contributed by atoms with Gasteiger partial charge in [-0.25, -0.2) is 0 Å². The Morgan fingerprint density at radius 2 is 1.95 bits per heavy atom. The van der Waals surface area contributed by atoms with Crippen molar-refractivity contribution in [2.45, 2.75) is 44.1 Å². The molecule has 1 unspecified atom stereocenters. The first-order valence-electron chi connectivity index (χ1n) is 7.24. The third kappa shape index (κ3) is 3.07. The van der Waals surface area contributed by atoms with E-state index in [1.807, 2.05) is 0 Å². The third-order valence-electron chi connectivity index (χ3n) is 4.45. The Morgan fingerprint density at radius 3 is 2.53 bits per heavy atom. The van der Waals surface area contributed by atoms with Crippen LogP contribution in [-0.4, -0.2) is 19.3 Å². The van der Waals surface area contributed by atoms with Crippen LogP contribution in [0.3, 0.4) is 0 Å². The molecule has 2 rings (SSSR count). The van der Waals surface area contributed by atoms with Crippen molar-refractivity contribution in [3.8, 4) is 0 Å². The Kier molecular flexibility index (Phi) is 4.78. The van der Waals surface area contributed by atoms with E-state index in [1.165, 1.54) is 11.1 Å². The van der Waals surface area contributed by atoms with Crippen LogP contribution in [0.5, 0.6) is 0 Å². The van der Waals surface area contributed by atoms with Crippen LogP contribution in [0.15, 0.2) is 42.5 Å². The number of rotatable bonds is 5. The van der Waals surface area contributed by atoms with Gasteiger partial charge in [0, 0.05) is 24.7 Å². The van der Waals surface area contributed by atoms with Crippen molar-refractivity contribution in [1.82, 2.24) is 0 Å². The van der Waals surface area contributed by atoms with Crippen LogP contribution in [0.4, 0.5) is 0 Å². The van der Waals surface area contributed by atoms with Crippen LogP contribution >= 0.6 is 0 Å². The normalized spacial score (nSPS) is 19.9. The quantitative estimate of drug-likeness (QED) is 0.822. The summed E-state index contributed by atoms with van der Waals surface area (Å²) in [6, 6.07) is 10.8. The summed E-state index contributed by atoms with van der Waals surface area (Å²) in [6.45, 7) is 7.88. The van der Waals surface area contributed by atoms with Crippen molar-refractivity contribution >= 4 is 0 Å². The van der Waals surface area contributed by atoms with Gasteiger partial charge >= 0.3 is 0 Å². The number of ether oxygens (including phenoxy) is 1. The lowest BCUT2D eigenvalue weighted by Crippen LogP contribution is -2.49. The fraction of sp³-hybridized carbons (Fsp3) is 0.529. The molecule has 2 nitrogen and oxygen atoms in total. The summed E-state index contributed by atoms with van der Waals surface area (Å²) in [5, 5.41) is 0. The lowest BCUT2D eigenvalue weighted by molar-refractivity contribution is 0.0399. The molecule has 0 aliphatic carbocycles. The first-order chi connectivity index (χ1) is 9.19. The minimum Gasteiger partial charge on any atom is -0.381 e. The molecule has 1 atom stereocenters. The average Bonchev–Trinajstić information content (AvgIpc) is 2.48. The van der Waals surface area contributed by atoms with Crippen molar-refractivity contribution < 1.29 is 4.74 Å². The van der Waals surface area contributed by atoms with E-state index in [-0.39, 0.29) is 11.5 Å². The molecule has 0 aromatic heterocycles. The third-order valence-corrected chi connectivity index (χ3v) is 4.45. The van der Waals surface area contributed by atoms with E-state index in [1.54, 1.807) is 0 Å². The average molecular weight is 259 g/mol. The van der Waals surface area contributed by atoms with Crippen molar-refractivity contribution in [2.24, 2.45) is 5.73 Å². The summed E-state index contributed by atoms with van der Waals surface area (Å²) in [4.78, 5) is 0. The van der Waals surface area contributed by atoms with E-state index in [0.717, 1.165) is 38.9 Å². The van der Waals surface area contributed by atoms with Gasteiger partial charge in [-0.15, -0.1) is 0 Å². The maximum atomic E-state index is 6.58. The zero-order valence-corrected chi connectivity index (χ0v) is 11.9. The number of nitrogens with two attached hydrogens (primary N) is 1. The summed E-state index contributed by atoms with van der Waals surface area (Å²) < 4.78 is 5.55. The van der Waals surface area contributed by atoms with Crippen LogP contribution in [0.25, 0.3) is 0 Å². The molecule has 0 saturated carbocycles. The van der Waals surface area contributed by atoms with Crippen LogP contribution in [0.2, 0.25) is 0 Å². The van der Waals surface area contributed by atoms with Gasteiger partial charge in [0.2, 0.25) is 0 Å². The highest BCUT2D eigenvalue weighted by atomic mass is 16.5. The van der Waals surface area contributed by atoms with Gasteiger partial charge in [0.25, 0.3) is 0 Å². The number of benzene rings is 1. The van der Waals surface area contributed by atoms with Crippen molar-refractivity contribution in [1.29, 1.82) is 0 Å². The monoisotopic (exact) mass is 259 g/mol. The highest BCUT2D eigenvalue weighted by Crippen LogP contribution is 2.39. The predicted molar refractivity (Wildman–Crippen MR) is 80.2 cm³/mol. The summed E-state index contributed by atoms with van der Waals surface area (Å²) in [6.07, 6.45) is 3.94. The van der Waals surface area contributed by atoms with E-state index >= 15 is 0 Å². The van der Waals surface area contributed by atoms with Gasteiger partial charge in [-0.3, -0.25) is 0 Å². The van der Waals surface area contributed by atoms with E-state index in [2.05, 4.69) is 43.8 Å². The second kappa shape index (κ2) is 6.36. The fourth-order valence-electron chi connectivity index (χ4n) is 3.03. The first kappa shape index (κ1) is 14.3. The number of hydrogen-bond acceptors (Lipinski definition) is 2. The molecule has 2 heteroatoms. The van der Waals surface area contributed by atoms with Gasteiger partial charge < -0.3 is 10.5 Å². The van der Waals surface area contributed by atoms with Gasteiger partial charge in [-0.2, -0.15) is 0 Å². The molecule has 1 aliphatic heterocycles. The van der Waals surface area contributed by atoms with Crippen LogP contribution < -0.4 is 5.73 Å². The molecule has 2 N–H and O–H groups in total. The highest BCUT2D eigenvalue weighted by Gasteiger charge is 2.39. The summed E-state index contributed by atoms with van der Waals surface area (Å²) in [5.41, 5.74) is 9.23. The molecule has 0 amide bonds. The zero-order valence-electron chi connectivity index (χ0n) is 11.9. The van der Waals surface area contributed by atoms with Crippen LogP contribution in [0, 0.1) is 0 Å². The molecule has 1 aliphatic rings. The van der Waals surface area contributed by atoms with Crippen LogP contribution in [0.1, 0.15) is 38.2 Å². The lowest BCUT2D eigenvalue weighted by atomic mass is 9.67. The Balaban J connectivity index is 2.27. The van der Waals surface area contributed by atoms with E-state index in [0.29, 0.717) is 0 Å². The van der Waals surface area contributed by atoms with Gasteiger partial charge in [0.1, 0.15) is 0 Å². The Labute approximate surface area is 116 Å². The summed E-state index contributed by atoms with van der Waals surface area (Å²) in [5.74, 6) is 0. The van der Waals surface area contributed by atoms with E-state index in [4.69, 9.17) is 10.5 Å².